The van der Waals surface area contributed by atoms with Gasteiger partial charge in [0, 0.05) is 36.4 Å². The van der Waals surface area contributed by atoms with E-state index in [1.165, 1.54) is 0 Å². The third-order valence-corrected chi connectivity index (χ3v) is 5.45. The van der Waals surface area contributed by atoms with Crippen LogP contribution < -0.4 is 0 Å². The molecule has 6 heteroatoms. The zero-order valence-corrected chi connectivity index (χ0v) is 13.0. The van der Waals surface area contributed by atoms with Gasteiger partial charge in [0.2, 0.25) is 5.91 Å². The Hall–Kier alpha value is -1.07. The van der Waals surface area contributed by atoms with Crippen LogP contribution >= 0.6 is 11.6 Å². The van der Waals surface area contributed by atoms with Crippen molar-refractivity contribution in [3.05, 3.63) is 17.0 Å². The quantitative estimate of drug-likeness (QED) is 0.906. The van der Waals surface area contributed by atoms with Gasteiger partial charge in [0.1, 0.15) is 5.76 Å². The van der Waals surface area contributed by atoms with Crippen molar-refractivity contribution in [3.8, 4) is 0 Å². The number of nitrogens with zero attached hydrogens (tertiary/aromatic N) is 2. The summed E-state index contributed by atoms with van der Waals surface area (Å²) >= 11 is 5.71. The first-order valence-corrected chi connectivity index (χ1v) is 8.00. The van der Waals surface area contributed by atoms with Gasteiger partial charge in [-0.05, 0) is 25.7 Å². The Morgan fingerprint density at radius 2 is 2.43 bits per heavy atom. The number of rotatable bonds is 5. The fraction of sp³-hybridized carbons (Fsp3) is 0.733. The van der Waals surface area contributed by atoms with Crippen molar-refractivity contribution >= 4 is 17.5 Å². The smallest absolute Gasteiger partial charge is 0.223 e. The van der Waals surface area contributed by atoms with E-state index in [0.717, 1.165) is 25.7 Å². The van der Waals surface area contributed by atoms with E-state index >= 15 is 0 Å². The molecule has 0 unspecified atom stereocenters. The summed E-state index contributed by atoms with van der Waals surface area (Å²) in [4.78, 5) is 14.6. The fourth-order valence-corrected chi connectivity index (χ4v) is 4.25. The van der Waals surface area contributed by atoms with Gasteiger partial charge in [-0.1, -0.05) is 23.7 Å². The summed E-state index contributed by atoms with van der Waals surface area (Å²) in [5, 5.41) is 13.7. The van der Waals surface area contributed by atoms with Crippen molar-refractivity contribution in [2.45, 2.75) is 57.5 Å². The van der Waals surface area contributed by atoms with Crippen LogP contribution in [0.4, 0.5) is 0 Å². The molecule has 3 heterocycles. The van der Waals surface area contributed by atoms with Crippen LogP contribution in [-0.2, 0) is 11.2 Å². The van der Waals surface area contributed by atoms with Gasteiger partial charge in [-0.25, -0.2) is 0 Å². The Bertz CT molecular complexity index is 527. The summed E-state index contributed by atoms with van der Waals surface area (Å²) in [6.07, 6.45) is 4.86. The van der Waals surface area contributed by atoms with Gasteiger partial charge >= 0.3 is 0 Å². The number of carbonyl (C=O) groups excluding carboxylic acids is 1. The second-order valence-corrected chi connectivity index (χ2v) is 6.63. The Balaban J connectivity index is 1.65. The molecule has 0 radical (unpaired) electrons. The number of halogens is 1. The first-order chi connectivity index (χ1) is 10.1. The van der Waals surface area contributed by atoms with Crippen LogP contribution in [0, 0.1) is 5.41 Å². The monoisotopic (exact) mass is 312 g/mol. The lowest BCUT2D eigenvalue weighted by Crippen LogP contribution is -2.42. The molecule has 1 aromatic heterocycles. The van der Waals surface area contributed by atoms with Crippen LogP contribution in [0.15, 0.2) is 10.6 Å². The van der Waals surface area contributed by atoms with Crippen molar-refractivity contribution in [1.29, 1.82) is 0 Å². The molecule has 0 spiro atoms. The number of hydrogen-bond acceptors (Lipinski definition) is 4. The van der Waals surface area contributed by atoms with Crippen molar-refractivity contribution in [2.24, 2.45) is 5.41 Å². The predicted molar refractivity (Wildman–Crippen MR) is 77.9 cm³/mol. The van der Waals surface area contributed by atoms with Crippen LogP contribution in [-0.4, -0.2) is 39.8 Å². The van der Waals surface area contributed by atoms with Crippen molar-refractivity contribution in [3.63, 3.8) is 0 Å². The average molecular weight is 313 g/mol. The number of aromatic nitrogens is 1. The number of carbonyl (C=O) groups is 1. The van der Waals surface area contributed by atoms with E-state index in [0.29, 0.717) is 29.8 Å². The van der Waals surface area contributed by atoms with Gasteiger partial charge in [-0.15, -0.1) is 0 Å². The summed E-state index contributed by atoms with van der Waals surface area (Å²) in [6, 6.07) is 2.15. The summed E-state index contributed by atoms with van der Waals surface area (Å²) in [5.41, 5.74) is -0.0892. The molecule has 0 aromatic carbocycles. The predicted octanol–water partition coefficient (Wildman–Crippen LogP) is 2.41. The van der Waals surface area contributed by atoms with E-state index < -0.39 is 0 Å². The molecule has 2 aliphatic heterocycles. The Morgan fingerprint density at radius 3 is 3.00 bits per heavy atom. The maximum Gasteiger partial charge on any atom is 0.223 e. The molecule has 3 rings (SSSR count). The molecule has 0 saturated carbocycles. The highest BCUT2D eigenvalue weighted by Crippen LogP contribution is 2.51. The third-order valence-electron chi connectivity index (χ3n) is 5.27. The molecule has 1 N–H and O–H groups in total. The molecule has 1 aromatic rings. The van der Waals surface area contributed by atoms with Gasteiger partial charge in [0.05, 0.1) is 6.61 Å². The zero-order chi connectivity index (χ0) is 15.0. The van der Waals surface area contributed by atoms with Crippen LogP contribution in [0.2, 0.25) is 5.15 Å². The number of aryl methyl sites for hydroxylation is 1. The maximum absolute atomic E-state index is 12.6. The fourth-order valence-electron chi connectivity index (χ4n) is 4.09. The minimum absolute atomic E-state index is 0.0892. The topological polar surface area (TPSA) is 66.6 Å². The number of amides is 1. The van der Waals surface area contributed by atoms with Gasteiger partial charge < -0.3 is 14.5 Å². The molecule has 2 aliphatic rings. The standard InChI is InChI=1S/C15H21ClN2O3/c1-2-15(9-19)8-10-3-5-12(15)18(10)14(20)6-4-11-7-13(16)17-21-11/h7,10,12,19H,2-6,8-9H2,1H3/t10-,12+,15-/m0/s1. The molecule has 21 heavy (non-hydrogen) atoms. The normalized spacial score (nSPS) is 31.1. The number of hydrogen-bond donors (Lipinski definition) is 1. The van der Waals surface area contributed by atoms with E-state index in [2.05, 4.69) is 12.1 Å². The van der Waals surface area contributed by atoms with E-state index in [1.807, 2.05) is 4.90 Å². The first-order valence-electron chi connectivity index (χ1n) is 7.63. The molecule has 5 nitrogen and oxygen atoms in total. The van der Waals surface area contributed by atoms with Gasteiger partial charge in [-0.3, -0.25) is 4.79 Å². The lowest BCUT2D eigenvalue weighted by molar-refractivity contribution is -0.133. The summed E-state index contributed by atoms with van der Waals surface area (Å²) < 4.78 is 5.04. The molecule has 0 aliphatic carbocycles. The van der Waals surface area contributed by atoms with Crippen LogP contribution in [0.3, 0.4) is 0 Å². The Kier molecular flexibility index (Phi) is 3.97. The number of aliphatic hydroxyl groups excluding tert-OH is 1. The molecule has 3 atom stereocenters. The average Bonchev–Trinajstić information content (AvgIpc) is 3.17. The highest BCUT2D eigenvalue weighted by Gasteiger charge is 2.55. The van der Waals surface area contributed by atoms with Crippen LogP contribution in [0.25, 0.3) is 0 Å². The third kappa shape index (κ3) is 2.46. The minimum atomic E-state index is -0.0892. The molecule has 1 amide bonds. The molecule has 2 saturated heterocycles. The number of fused-ring (bicyclic) bond motifs is 2. The minimum Gasteiger partial charge on any atom is -0.396 e. The van der Waals surface area contributed by atoms with Crippen LogP contribution in [0.5, 0.6) is 0 Å². The second kappa shape index (κ2) is 5.61. The number of aliphatic hydroxyl groups is 1. The molecule has 2 bridgehead atoms. The van der Waals surface area contributed by atoms with E-state index in [-0.39, 0.29) is 24.0 Å². The Morgan fingerprint density at radius 1 is 1.62 bits per heavy atom. The van der Waals surface area contributed by atoms with Gasteiger partial charge in [0.25, 0.3) is 0 Å². The summed E-state index contributed by atoms with van der Waals surface area (Å²) in [6.45, 7) is 2.28. The van der Waals surface area contributed by atoms with Gasteiger partial charge in [-0.2, -0.15) is 0 Å². The zero-order valence-electron chi connectivity index (χ0n) is 12.2. The SMILES string of the molecule is CC[C@@]1(CO)C[C@@H]2CC[C@H]1N2C(=O)CCc1cc(Cl)no1. The lowest BCUT2D eigenvalue weighted by atomic mass is 9.72. The molecular weight excluding hydrogens is 292 g/mol. The maximum atomic E-state index is 12.6. The van der Waals surface area contributed by atoms with Crippen molar-refractivity contribution in [1.82, 2.24) is 10.1 Å². The van der Waals surface area contributed by atoms with Gasteiger partial charge in [0.15, 0.2) is 5.15 Å². The first kappa shape index (κ1) is 14.9. The lowest BCUT2D eigenvalue weighted by Gasteiger charge is -2.34. The highest BCUT2D eigenvalue weighted by molar-refractivity contribution is 6.29. The van der Waals surface area contributed by atoms with E-state index in [9.17, 15) is 9.90 Å². The molecule has 2 fully saturated rings. The molecule has 116 valence electrons. The summed E-state index contributed by atoms with van der Waals surface area (Å²) in [5.74, 6) is 0.794. The van der Waals surface area contributed by atoms with Crippen molar-refractivity contribution in [2.75, 3.05) is 6.61 Å². The van der Waals surface area contributed by atoms with E-state index in [1.54, 1.807) is 6.07 Å². The molecular formula is C15H21ClN2O3. The van der Waals surface area contributed by atoms with Crippen LogP contribution in [0.1, 0.15) is 44.8 Å². The second-order valence-electron chi connectivity index (χ2n) is 6.24. The Labute approximate surface area is 129 Å². The highest BCUT2D eigenvalue weighted by atomic mass is 35.5. The summed E-state index contributed by atoms with van der Waals surface area (Å²) in [7, 11) is 0. The largest absolute Gasteiger partial charge is 0.396 e. The van der Waals surface area contributed by atoms with Crippen molar-refractivity contribution < 1.29 is 14.4 Å². The van der Waals surface area contributed by atoms with E-state index in [4.69, 9.17) is 16.1 Å².